The largest absolute Gasteiger partial charge is 0.467 e. The van der Waals surface area contributed by atoms with Crippen LogP contribution < -0.4 is 10.5 Å². The highest BCUT2D eigenvalue weighted by Crippen LogP contribution is 2.66. The van der Waals surface area contributed by atoms with Gasteiger partial charge in [-0.1, -0.05) is 11.8 Å². The molecular formula is C24H22F3N5O3S. The molecule has 1 aromatic carbocycles. The highest BCUT2D eigenvalue weighted by molar-refractivity contribution is 8.15. The van der Waals surface area contributed by atoms with Crippen LogP contribution in [0.3, 0.4) is 0 Å². The van der Waals surface area contributed by atoms with E-state index in [-0.39, 0.29) is 46.8 Å². The monoisotopic (exact) mass is 517 g/mol. The van der Waals surface area contributed by atoms with Gasteiger partial charge in [0.2, 0.25) is 11.8 Å². The number of ether oxygens (including phenoxy) is 1. The smallest absolute Gasteiger partial charge is 0.233 e. The zero-order valence-electron chi connectivity index (χ0n) is 19.4. The van der Waals surface area contributed by atoms with Gasteiger partial charge in [0.25, 0.3) is 0 Å². The predicted molar refractivity (Wildman–Crippen MR) is 125 cm³/mol. The second-order valence-electron chi connectivity index (χ2n) is 9.05. The highest BCUT2D eigenvalue weighted by atomic mass is 32.2. The maximum Gasteiger partial charge on any atom is 0.233 e. The number of nitrogens with zero attached hydrogens (tertiary/aromatic N) is 4. The van der Waals surface area contributed by atoms with Crippen molar-refractivity contribution in [3.05, 3.63) is 70.8 Å². The number of aryl methyl sites for hydroxylation is 1. The number of carbonyl (C=O) groups excluding carboxylic acids is 1. The number of halogens is 3. The first-order chi connectivity index (χ1) is 17.1. The van der Waals surface area contributed by atoms with Crippen LogP contribution in [0.5, 0.6) is 5.88 Å². The summed E-state index contributed by atoms with van der Waals surface area (Å²) in [6.07, 6.45) is 4.38. The Morgan fingerprint density at radius 3 is 2.83 bits per heavy atom. The number of rotatable bonds is 8. The number of ketones is 1. The molecule has 8 nitrogen and oxygen atoms in total. The molecule has 12 heteroatoms. The second kappa shape index (κ2) is 8.91. The lowest BCUT2D eigenvalue weighted by Gasteiger charge is -2.33. The molecule has 188 valence electrons. The fraction of sp³-hybridized carbons (Fsp3) is 0.375. The van der Waals surface area contributed by atoms with Gasteiger partial charge < -0.3 is 14.9 Å². The highest BCUT2D eigenvalue weighted by Gasteiger charge is 2.66. The molecule has 2 N–H and O–H groups in total. The summed E-state index contributed by atoms with van der Waals surface area (Å²) in [6, 6.07) is 2.37. The average Bonchev–Trinajstić information content (AvgIpc) is 3.34. The van der Waals surface area contributed by atoms with Crippen molar-refractivity contribution < 1.29 is 27.1 Å². The molecule has 3 atom stereocenters. The third-order valence-corrected chi connectivity index (χ3v) is 7.86. The Labute approximate surface area is 208 Å². The molecule has 0 radical (unpaired) electrons. The van der Waals surface area contributed by atoms with Crippen molar-refractivity contribution in [3.8, 4) is 5.88 Å². The standard InChI is InChI=1S/C24H22F3N5O3S/c1-12-21(30-9-18(31-12)35-10-19-29-3-4-34-19)16(33)7-13-5-14(20(27)15(26)6-13)23(2)17-8-24(17,11-25)36-22(28)32-23/h3-6,9,17H,7-8,10-11H2,1-2H3,(H2,28,32)/t17-,23+,24+/m0/s1. The van der Waals surface area contributed by atoms with E-state index in [1.807, 2.05) is 0 Å². The first-order valence-corrected chi connectivity index (χ1v) is 11.9. The Kier molecular flexibility index (Phi) is 6.01. The van der Waals surface area contributed by atoms with Crippen LogP contribution in [0.2, 0.25) is 0 Å². The van der Waals surface area contributed by atoms with Gasteiger partial charge in [-0.15, -0.1) is 0 Å². The van der Waals surface area contributed by atoms with Crippen molar-refractivity contribution in [2.45, 2.75) is 43.6 Å². The number of nitrogens with two attached hydrogens (primary N) is 1. The Morgan fingerprint density at radius 1 is 1.33 bits per heavy atom. The maximum absolute atomic E-state index is 15.0. The SMILES string of the molecule is Cc1nc(OCc2ncco2)cnc1C(=O)Cc1cc(F)c(F)c([C@@]2(C)N=C(N)S[C@@]3(CF)C[C@H]32)c1. The molecule has 2 aromatic heterocycles. The van der Waals surface area contributed by atoms with Crippen LogP contribution in [-0.2, 0) is 18.6 Å². The summed E-state index contributed by atoms with van der Waals surface area (Å²) >= 11 is 1.14. The van der Waals surface area contributed by atoms with Gasteiger partial charge in [-0.3, -0.25) is 9.79 Å². The minimum atomic E-state index is -1.25. The molecular weight excluding hydrogens is 495 g/mol. The minimum absolute atomic E-state index is 0.0427. The van der Waals surface area contributed by atoms with Crippen LogP contribution in [0.4, 0.5) is 13.2 Å². The number of aromatic nitrogens is 3. The molecule has 1 fully saturated rings. The zero-order chi connectivity index (χ0) is 25.7. The van der Waals surface area contributed by atoms with Crippen molar-refractivity contribution in [3.63, 3.8) is 0 Å². The van der Waals surface area contributed by atoms with E-state index in [0.29, 0.717) is 18.0 Å². The number of alkyl halides is 1. The topological polar surface area (TPSA) is 116 Å². The molecule has 0 amide bonds. The summed E-state index contributed by atoms with van der Waals surface area (Å²) in [4.78, 5) is 29.7. The summed E-state index contributed by atoms with van der Waals surface area (Å²) in [5.74, 6) is -2.45. The quantitative estimate of drug-likeness (QED) is 0.445. The molecule has 1 aliphatic carbocycles. The van der Waals surface area contributed by atoms with E-state index in [4.69, 9.17) is 14.9 Å². The van der Waals surface area contributed by atoms with E-state index in [2.05, 4.69) is 19.9 Å². The fourth-order valence-electron chi connectivity index (χ4n) is 4.72. The Balaban J connectivity index is 1.38. The summed E-state index contributed by atoms with van der Waals surface area (Å²) in [5, 5.41) is 0.126. The molecule has 1 saturated carbocycles. The number of thioether (sulfide) groups is 1. The molecule has 3 aromatic rings. The van der Waals surface area contributed by atoms with Crippen molar-refractivity contribution >= 4 is 22.7 Å². The third-order valence-electron chi connectivity index (χ3n) is 6.59. The Morgan fingerprint density at radius 2 is 2.14 bits per heavy atom. The minimum Gasteiger partial charge on any atom is -0.467 e. The number of benzene rings is 1. The lowest BCUT2D eigenvalue weighted by atomic mass is 9.84. The van der Waals surface area contributed by atoms with Gasteiger partial charge in [0.05, 0.1) is 28.4 Å². The molecule has 0 unspecified atom stereocenters. The molecule has 5 rings (SSSR count). The van der Waals surface area contributed by atoms with Crippen molar-refractivity contribution in [1.82, 2.24) is 15.0 Å². The van der Waals surface area contributed by atoms with Gasteiger partial charge in [0.1, 0.15) is 18.6 Å². The lowest BCUT2D eigenvalue weighted by molar-refractivity contribution is 0.0986. The summed E-state index contributed by atoms with van der Waals surface area (Å²) in [5.41, 5.74) is 5.25. The molecule has 3 heterocycles. The number of aliphatic imine (C=N–C) groups is 1. The Bertz CT molecular complexity index is 1370. The van der Waals surface area contributed by atoms with Gasteiger partial charge in [0, 0.05) is 17.9 Å². The van der Waals surface area contributed by atoms with Gasteiger partial charge in [-0.2, -0.15) is 0 Å². The lowest BCUT2D eigenvalue weighted by Crippen LogP contribution is -2.37. The Hall–Kier alpha value is -3.41. The molecule has 0 bridgehead atoms. The number of carbonyl (C=O) groups is 1. The summed E-state index contributed by atoms with van der Waals surface area (Å²) in [6.45, 7) is 2.61. The van der Waals surface area contributed by atoms with Gasteiger partial charge in [-0.25, -0.2) is 28.1 Å². The van der Waals surface area contributed by atoms with Crippen LogP contribution in [0, 0.1) is 24.5 Å². The van der Waals surface area contributed by atoms with E-state index in [9.17, 15) is 18.0 Å². The van der Waals surface area contributed by atoms with Crippen LogP contribution in [0.1, 0.15) is 46.5 Å². The number of fused-ring (bicyclic) bond motifs is 1. The second-order valence-corrected chi connectivity index (χ2v) is 10.5. The molecule has 2 aliphatic rings. The first-order valence-electron chi connectivity index (χ1n) is 11.1. The van der Waals surface area contributed by atoms with Crippen LogP contribution in [0.25, 0.3) is 0 Å². The average molecular weight is 518 g/mol. The third kappa shape index (κ3) is 4.23. The van der Waals surface area contributed by atoms with Crippen molar-refractivity contribution in [2.75, 3.05) is 6.67 Å². The molecule has 0 saturated heterocycles. The van der Waals surface area contributed by atoms with Crippen LogP contribution >= 0.6 is 11.8 Å². The van der Waals surface area contributed by atoms with E-state index in [1.54, 1.807) is 13.8 Å². The van der Waals surface area contributed by atoms with E-state index in [1.165, 1.54) is 24.7 Å². The molecule has 1 aliphatic heterocycles. The zero-order valence-corrected chi connectivity index (χ0v) is 20.2. The molecule has 36 heavy (non-hydrogen) atoms. The van der Waals surface area contributed by atoms with E-state index in [0.717, 1.165) is 17.8 Å². The van der Waals surface area contributed by atoms with Crippen molar-refractivity contribution in [2.24, 2.45) is 16.6 Å². The molecule has 0 spiro atoms. The number of amidine groups is 1. The normalized spacial score (nSPS) is 24.7. The number of hydrogen-bond donors (Lipinski definition) is 1. The predicted octanol–water partition coefficient (Wildman–Crippen LogP) is 4.06. The summed E-state index contributed by atoms with van der Waals surface area (Å²) in [7, 11) is 0. The van der Waals surface area contributed by atoms with E-state index < -0.39 is 34.4 Å². The van der Waals surface area contributed by atoms with E-state index >= 15 is 0 Å². The maximum atomic E-state index is 15.0. The number of Topliss-reactive ketones (excluding diaryl/α,β-unsaturated/α-hetero) is 1. The fourth-order valence-corrected chi connectivity index (χ4v) is 6.05. The van der Waals surface area contributed by atoms with Gasteiger partial charge in [-0.05, 0) is 38.0 Å². The van der Waals surface area contributed by atoms with Gasteiger partial charge in [0.15, 0.2) is 29.2 Å². The number of oxazole rings is 1. The number of hydrogen-bond acceptors (Lipinski definition) is 9. The van der Waals surface area contributed by atoms with Crippen LogP contribution in [0.15, 0.2) is 40.2 Å². The van der Waals surface area contributed by atoms with Crippen LogP contribution in [-0.4, -0.2) is 37.3 Å². The van der Waals surface area contributed by atoms with Crippen molar-refractivity contribution in [1.29, 1.82) is 0 Å². The summed E-state index contributed by atoms with van der Waals surface area (Å²) < 4.78 is 53.2. The van der Waals surface area contributed by atoms with Gasteiger partial charge >= 0.3 is 0 Å². The first kappa shape index (κ1) is 24.3.